The van der Waals surface area contributed by atoms with Crippen molar-refractivity contribution in [3.05, 3.63) is 28.8 Å². The second kappa shape index (κ2) is 7.12. The van der Waals surface area contributed by atoms with Crippen LogP contribution in [0.3, 0.4) is 0 Å². The molecule has 112 valence electrons. The van der Waals surface area contributed by atoms with Crippen LogP contribution in [0, 0.1) is 19.8 Å². The van der Waals surface area contributed by atoms with Crippen LogP contribution >= 0.6 is 0 Å². The summed E-state index contributed by atoms with van der Waals surface area (Å²) in [5, 5.41) is 13.5. The van der Waals surface area contributed by atoms with Crippen LogP contribution in [0.4, 0.5) is 0 Å². The van der Waals surface area contributed by atoms with Gasteiger partial charge in [-0.3, -0.25) is 0 Å². The van der Waals surface area contributed by atoms with Crippen LogP contribution in [0.2, 0.25) is 0 Å². The monoisotopic (exact) mass is 275 g/mol. The first-order valence-electron chi connectivity index (χ1n) is 8.10. The predicted octanol–water partition coefficient (Wildman–Crippen LogP) is 4.46. The van der Waals surface area contributed by atoms with Crippen LogP contribution in [-0.2, 0) is 6.54 Å². The van der Waals surface area contributed by atoms with Crippen molar-refractivity contribution in [2.75, 3.05) is 0 Å². The third-order valence-electron chi connectivity index (χ3n) is 4.79. The minimum absolute atomic E-state index is 0.436. The van der Waals surface area contributed by atoms with E-state index in [0.29, 0.717) is 11.8 Å². The Bertz CT molecular complexity index is 410. The molecule has 0 saturated heterocycles. The van der Waals surface area contributed by atoms with E-state index in [-0.39, 0.29) is 0 Å². The van der Waals surface area contributed by atoms with E-state index >= 15 is 0 Å². The quantitative estimate of drug-likeness (QED) is 0.795. The summed E-state index contributed by atoms with van der Waals surface area (Å²) in [6, 6.07) is 4.77. The average molecular weight is 275 g/mol. The molecule has 0 aliphatic heterocycles. The Hall–Kier alpha value is -1.02. The van der Waals surface area contributed by atoms with Crippen LogP contribution in [0.5, 0.6) is 5.75 Å². The van der Waals surface area contributed by atoms with Crippen LogP contribution in [0.15, 0.2) is 12.1 Å². The van der Waals surface area contributed by atoms with Gasteiger partial charge in [-0.15, -0.1) is 0 Å². The van der Waals surface area contributed by atoms with E-state index in [1.165, 1.54) is 44.1 Å². The molecule has 2 nitrogen and oxygen atoms in total. The zero-order chi connectivity index (χ0) is 14.5. The number of aromatic hydroxyl groups is 1. The molecule has 1 fully saturated rings. The maximum Gasteiger partial charge on any atom is 0.121 e. The number of hydrogen-bond acceptors (Lipinski definition) is 2. The molecule has 2 rings (SSSR count). The molecular formula is C18H29NO. The molecule has 2 N–H and O–H groups in total. The second-order valence-electron chi connectivity index (χ2n) is 6.50. The van der Waals surface area contributed by atoms with E-state index in [4.69, 9.17) is 0 Å². The summed E-state index contributed by atoms with van der Waals surface area (Å²) in [5.41, 5.74) is 3.23. The van der Waals surface area contributed by atoms with E-state index in [9.17, 15) is 5.11 Å². The van der Waals surface area contributed by atoms with Crippen molar-refractivity contribution in [1.29, 1.82) is 0 Å². The second-order valence-corrected chi connectivity index (χ2v) is 6.50. The molecule has 1 saturated carbocycles. The highest BCUT2D eigenvalue weighted by atomic mass is 16.3. The first kappa shape index (κ1) is 15.4. The summed E-state index contributed by atoms with van der Waals surface area (Å²) >= 11 is 0. The average Bonchev–Trinajstić information content (AvgIpc) is 2.71. The fourth-order valence-electron chi connectivity index (χ4n) is 3.40. The fourth-order valence-corrected chi connectivity index (χ4v) is 3.40. The summed E-state index contributed by atoms with van der Waals surface area (Å²) in [7, 11) is 0. The molecule has 0 amide bonds. The van der Waals surface area contributed by atoms with Gasteiger partial charge >= 0.3 is 0 Å². The van der Waals surface area contributed by atoms with Gasteiger partial charge in [0.25, 0.3) is 0 Å². The Morgan fingerprint density at radius 3 is 2.20 bits per heavy atom. The topological polar surface area (TPSA) is 32.3 Å². The zero-order valence-electron chi connectivity index (χ0n) is 13.2. The van der Waals surface area contributed by atoms with Gasteiger partial charge in [-0.2, -0.15) is 0 Å². The van der Waals surface area contributed by atoms with Gasteiger partial charge < -0.3 is 10.4 Å². The summed E-state index contributed by atoms with van der Waals surface area (Å²) < 4.78 is 0. The highest BCUT2D eigenvalue weighted by molar-refractivity contribution is 5.42. The van der Waals surface area contributed by atoms with E-state index in [1.807, 2.05) is 13.8 Å². The Balaban J connectivity index is 1.90. The van der Waals surface area contributed by atoms with E-state index in [1.54, 1.807) is 0 Å². The molecule has 20 heavy (non-hydrogen) atoms. The van der Waals surface area contributed by atoms with Gasteiger partial charge in [-0.05, 0) is 56.2 Å². The highest BCUT2D eigenvalue weighted by Gasteiger charge is 2.18. The first-order chi connectivity index (χ1) is 9.58. The molecule has 1 aliphatic carbocycles. The molecule has 1 atom stereocenters. The van der Waals surface area contributed by atoms with Crippen molar-refractivity contribution in [3.8, 4) is 5.75 Å². The smallest absolute Gasteiger partial charge is 0.121 e. The summed E-state index contributed by atoms with van der Waals surface area (Å²) in [6.07, 6.45) is 8.38. The molecule has 0 spiro atoms. The lowest BCUT2D eigenvalue weighted by Crippen LogP contribution is -2.33. The van der Waals surface area contributed by atoms with Crippen LogP contribution < -0.4 is 5.32 Å². The molecule has 0 heterocycles. The SMILES string of the molecule is Cc1cc(CN[C@@H](C)C2CCCCCC2)cc(C)c1O. The van der Waals surface area contributed by atoms with Crippen molar-refractivity contribution < 1.29 is 5.11 Å². The number of hydrogen-bond donors (Lipinski definition) is 2. The molecule has 2 heteroatoms. The lowest BCUT2D eigenvalue weighted by atomic mass is 9.93. The third kappa shape index (κ3) is 3.99. The highest BCUT2D eigenvalue weighted by Crippen LogP contribution is 2.26. The van der Waals surface area contributed by atoms with Crippen LogP contribution in [0.1, 0.15) is 62.1 Å². The van der Waals surface area contributed by atoms with Crippen LogP contribution in [0.25, 0.3) is 0 Å². The van der Waals surface area contributed by atoms with E-state index in [0.717, 1.165) is 23.6 Å². The maximum absolute atomic E-state index is 9.82. The maximum atomic E-state index is 9.82. The molecule has 1 aromatic carbocycles. The largest absolute Gasteiger partial charge is 0.507 e. The number of phenols is 1. The van der Waals surface area contributed by atoms with Gasteiger partial charge in [-0.25, -0.2) is 0 Å². The number of nitrogens with one attached hydrogen (secondary N) is 1. The molecule has 0 unspecified atom stereocenters. The molecule has 1 aromatic rings. The van der Waals surface area contributed by atoms with Gasteiger partial charge in [0.05, 0.1) is 0 Å². The number of rotatable bonds is 4. The number of benzene rings is 1. The zero-order valence-corrected chi connectivity index (χ0v) is 13.2. The first-order valence-corrected chi connectivity index (χ1v) is 8.10. The minimum atomic E-state index is 0.436. The van der Waals surface area contributed by atoms with Gasteiger partial charge in [0, 0.05) is 12.6 Å². The van der Waals surface area contributed by atoms with E-state index < -0.39 is 0 Å². The van der Waals surface area contributed by atoms with Crippen molar-refractivity contribution in [2.45, 2.75) is 71.9 Å². The van der Waals surface area contributed by atoms with Gasteiger partial charge in [0.15, 0.2) is 0 Å². The van der Waals surface area contributed by atoms with Gasteiger partial charge in [-0.1, -0.05) is 37.8 Å². The van der Waals surface area contributed by atoms with E-state index in [2.05, 4.69) is 24.4 Å². The van der Waals surface area contributed by atoms with Gasteiger partial charge in [0.2, 0.25) is 0 Å². The standard InChI is InChI=1S/C18H29NO/c1-13-10-16(11-14(2)18(13)20)12-19-15(3)17-8-6-4-5-7-9-17/h10-11,15,17,19-20H,4-9,12H2,1-3H3/t15-/m0/s1. The van der Waals surface area contributed by atoms with Crippen molar-refractivity contribution in [3.63, 3.8) is 0 Å². The molecule has 0 bridgehead atoms. The Morgan fingerprint density at radius 2 is 1.65 bits per heavy atom. The molecule has 1 aliphatic rings. The van der Waals surface area contributed by atoms with Crippen LogP contribution in [-0.4, -0.2) is 11.1 Å². The van der Waals surface area contributed by atoms with Crippen molar-refractivity contribution >= 4 is 0 Å². The normalized spacial score (nSPS) is 18.8. The Morgan fingerprint density at radius 1 is 1.10 bits per heavy atom. The molecule has 0 radical (unpaired) electrons. The summed E-state index contributed by atoms with van der Waals surface area (Å²) in [6.45, 7) is 7.18. The Kier molecular flexibility index (Phi) is 5.47. The number of aryl methyl sites for hydroxylation is 2. The summed E-state index contributed by atoms with van der Waals surface area (Å²) in [4.78, 5) is 0. The minimum Gasteiger partial charge on any atom is -0.507 e. The predicted molar refractivity (Wildman–Crippen MR) is 85.1 cm³/mol. The molecule has 0 aromatic heterocycles. The lowest BCUT2D eigenvalue weighted by molar-refractivity contribution is 0.336. The van der Waals surface area contributed by atoms with Gasteiger partial charge in [0.1, 0.15) is 5.75 Å². The van der Waals surface area contributed by atoms with Crippen molar-refractivity contribution in [2.24, 2.45) is 5.92 Å². The summed E-state index contributed by atoms with van der Waals surface area (Å²) in [5.74, 6) is 1.27. The lowest BCUT2D eigenvalue weighted by Gasteiger charge is -2.24. The molecular weight excluding hydrogens is 246 g/mol. The third-order valence-corrected chi connectivity index (χ3v) is 4.79. The van der Waals surface area contributed by atoms with Crippen molar-refractivity contribution in [1.82, 2.24) is 5.32 Å². The number of phenolic OH excluding ortho intramolecular Hbond substituents is 1. The Labute approximate surface area is 123 Å². The fraction of sp³-hybridized carbons (Fsp3) is 0.667.